The second-order valence-electron chi connectivity index (χ2n) is 5.11. The van der Waals surface area contributed by atoms with E-state index in [-0.39, 0.29) is 5.91 Å². The van der Waals surface area contributed by atoms with Gasteiger partial charge in [0, 0.05) is 38.7 Å². The molecule has 0 aliphatic carbocycles. The van der Waals surface area contributed by atoms with E-state index in [0.29, 0.717) is 12.1 Å². The maximum Gasteiger partial charge on any atom is 0.254 e. The fourth-order valence-electron chi connectivity index (χ4n) is 1.99. The molecular weight excluding hydrogens is 266 g/mol. The van der Waals surface area contributed by atoms with Crippen molar-refractivity contribution >= 4 is 11.6 Å². The molecule has 0 fully saturated rings. The van der Waals surface area contributed by atoms with E-state index in [4.69, 9.17) is 4.74 Å². The first kappa shape index (κ1) is 17.4. The van der Waals surface area contributed by atoms with Crippen LogP contribution < -0.4 is 10.6 Å². The highest BCUT2D eigenvalue weighted by Gasteiger charge is 2.11. The van der Waals surface area contributed by atoms with Gasteiger partial charge in [0.25, 0.3) is 5.91 Å². The van der Waals surface area contributed by atoms with Crippen LogP contribution in [0.1, 0.15) is 48.7 Å². The number of ether oxygens (including phenoxy) is 1. The smallest absolute Gasteiger partial charge is 0.254 e. The second kappa shape index (κ2) is 10.2. The van der Waals surface area contributed by atoms with E-state index in [1.54, 1.807) is 13.3 Å². The van der Waals surface area contributed by atoms with Gasteiger partial charge in [-0.25, -0.2) is 0 Å². The molecule has 0 aromatic carbocycles. The highest BCUT2D eigenvalue weighted by molar-refractivity contribution is 5.99. The van der Waals surface area contributed by atoms with Gasteiger partial charge >= 0.3 is 0 Å². The summed E-state index contributed by atoms with van der Waals surface area (Å²) in [6.45, 7) is 6.33. The number of nitrogens with one attached hydrogen (secondary N) is 2. The normalized spacial score (nSPS) is 10.4. The molecule has 0 atom stereocenters. The Morgan fingerprint density at radius 1 is 1.29 bits per heavy atom. The topological polar surface area (TPSA) is 63.2 Å². The summed E-state index contributed by atoms with van der Waals surface area (Å²) in [7, 11) is 1.71. The van der Waals surface area contributed by atoms with Gasteiger partial charge in [0.05, 0.1) is 11.3 Å². The van der Waals surface area contributed by atoms with Crippen LogP contribution in [0.15, 0.2) is 12.3 Å². The molecule has 21 heavy (non-hydrogen) atoms. The molecule has 2 N–H and O–H groups in total. The van der Waals surface area contributed by atoms with Crippen molar-refractivity contribution in [1.29, 1.82) is 0 Å². The van der Waals surface area contributed by atoms with Crippen LogP contribution in [-0.4, -0.2) is 37.7 Å². The molecule has 0 aliphatic heterocycles. The zero-order chi connectivity index (χ0) is 15.5. The predicted molar refractivity (Wildman–Crippen MR) is 85.8 cm³/mol. The number of methoxy groups -OCH3 is 1. The Morgan fingerprint density at radius 3 is 2.81 bits per heavy atom. The molecule has 118 valence electrons. The monoisotopic (exact) mass is 293 g/mol. The van der Waals surface area contributed by atoms with Crippen LogP contribution in [0.3, 0.4) is 0 Å². The fraction of sp³-hybridized carbons (Fsp3) is 0.625. The molecule has 0 unspecified atom stereocenters. The molecule has 1 aromatic rings. The second-order valence-corrected chi connectivity index (χ2v) is 5.11. The van der Waals surface area contributed by atoms with E-state index >= 15 is 0 Å². The number of carbonyl (C=O) groups excluding carboxylic acids is 1. The van der Waals surface area contributed by atoms with Gasteiger partial charge in [-0.05, 0) is 38.7 Å². The minimum Gasteiger partial charge on any atom is -0.385 e. The summed E-state index contributed by atoms with van der Waals surface area (Å²) >= 11 is 0. The lowest BCUT2D eigenvalue weighted by Crippen LogP contribution is -2.26. The Kier molecular flexibility index (Phi) is 8.43. The number of anilines is 1. The highest BCUT2D eigenvalue weighted by atomic mass is 16.5. The van der Waals surface area contributed by atoms with E-state index in [1.807, 2.05) is 13.0 Å². The van der Waals surface area contributed by atoms with Crippen molar-refractivity contribution in [2.24, 2.45) is 0 Å². The standard InChI is InChI=1S/C16H27N3O2/c1-4-8-17-15-11-13(2)19-12-14(15)16(20)18-9-6-5-7-10-21-3/h11-12H,4-10H2,1-3H3,(H,17,19)(H,18,20). The van der Waals surface area contributed by atoms with Crippen molar-refractivity contribution in [3.8, 4) is 0 Å². The third kappa shape index (κ3) is 6.58. The summed E-state index contributed by atoms with van der Waals surface area (Å²) in [4.78, 5) is 16.4. The molecule has 5 heteroatoms. The number of hydrogen-bond donors (Lipinski definition) is 2. The van der Waals surface area contributed by atoms with Crippen LogP contribution in [0.2, 0.25) is 0 Å². The van der Waals surface area contributed by atoms with Gasteiger partial charge < -0.3 is 15.4 Å². The van der Waals surface area contributed by atoms with Crippen LogP contribution in [0.5, 0.6) is 0 Å². The molecule has 0 spiro atoms. The van der Waals surface area contributed by atoms with E-state index in [2.05, 4.69) is 22.5 Å². The van der Waals surface area contributed by atoms with Gasteiger partial charge in [0.2, 0.25) is 0 Å². The first-order valence-electron chi connectivity index (χ1n) is 7.66. The zero-order valence-electron chi connectivity index (χ0n) is 13.4. The number of carbonyl (C=O) groups is 1. The third-order valence-corrected chi connectivity index (χ3v) is 3.16. The number of aromatic nitrogens is 1. The number of rotatable bonds is 10. The van der Waals surface area contributed by atoms with E-state index < -0.39 is 0 Å². The Bertz CT molecular complexity index is 436. The lowest BCUT2D eigenvalue weighted by Gasteiger charge is -2.12. The van der Waals surface area contributed by atoms with Crippen LogP contribution in [0.4, 0.5) is 5.69 Å². The number of aryl methyl sites for hydroxylation is 1. The Balaban J connectivity index is 2.48. The van der Waals surface area contributed by atoms with Gasteiger partial charge in [0.15, 0.2) is 0 Å². The summed E-state index contributed by atoms with van der Waals surface area (Å²) < 4.78 is 5.00. The predicted octanol–water partition coefficient (Wildman–Crippen LogP) is 2.76. The van der Waals surface area contributed by atoms with E-state index in [9.17, 15) is 4.79 Å². The van der Waals surface area contributed by atoms with Gasteiger partial charge in [-0.2, -0.15) is 0 Å². The number of nitrogens with zero attached hydrogens (tertiary/aromatic N) is 1. The van der Waals surface area contributed by atoms with Crippen LogP contribution in [0, 0.1) is 6.92 Å². The molecular formula is C16H27N3O2. The van der Waals surface area contributed by atoms with E-state index in [0.717, 1.165) is 50.2 Å². The molecule has 0 bridgehead atoms. The fourth-order valence-corrected chi connectivity index (χ4v) is 1.99. The molecule has 0 aliphatic rings. The Morgan fingerprint density at radius 2 is 2.10 bits per heavy atom. The maximum absolute atomic E-state index is 12.2. The molecule has 1 rings (SSSR count). The zero-order valence-corrected chi connectivity index (χ0v) is 13.4. The highest BCUT2D eigenvalue weighted by Crippen LogP contribution is 2.15. The first-order valence-corrected chi connectivity index (χ1v) is 7.66. The molecule has 1 heterocycles. The minimum absolute atomic E-state index is 0.0622. The van der Waals surface area contributed by atoms with Crippen molar-refractivity contribution < 1.29 is 9.53 Å². The molecule has 1 aromatic heterocycles. The lowest BCUT2D eigenvalue weighted by atomic mass is 10.2. The summed E-state index contributed by atoms with van der Waals surface area (Å²) in [6.07, 6.45) is 5.71. The molecule has 5 nitrogen and oxygen atoms in total. The Labute approximate surface area is 127 Å². The SMILES string of the molecule is CCCNc1cc(C)ncc1C(=O)NCCCCCOC. The van der Waals surface area contributed by atoms with Gasteiger partial charge in [-0.3, -0.25) is 9.78 Å². The summed E-state index contributed by atoms with van der Waals surface area (Å²) in [5.41, 5.74) is 2.39. The van der Waals surface area contributed by atoms with Crippen molar-refractivity contribution in [1.82, 2.24) is 10.3 Å². The van der Waals surface area contributed by atoms with Crippen LogP contribution in [-0.2, 0) is 4.74 Å². The summed E-state index contributed by atoms with van der Waals surface area (Å²) in [5.74, 6) is -0.0622. The minimum atomic E-state index is -0.0622. The quantitative estimate of drug-likeness (QED) is 0.651. The average Bonchev–Trinajstić information content (AvgIpc) is 2.48. The number of hydrogen-bond acceptors (Lipinski definition) is 4. The summed E-state index contributed by atoms with van der Waals surface area (Å²) in [6, 6.07) is 1.92. The van der Waals surface area contributed by atoms with E-state index in [1.165, 1.54) is 0 Å². The lowest BCUT2D eigenvalue weighted by molar-refractivity contribution is 0.0953. The van der Waals surface area contributed by atoms with Crippen molar-refractivity contribution in [3.05, 3.63) is 23.5 Å². The van der Waals surface area contributed by atoms with Crippen LogP contribution >= 0.6 is 0 Å². The first-order chi connectivity index (χ1) is 10.2. The van der Waals surface area contributed by atoms with Crippen molar-refractivity contribution in [3.63, 3.8) is 0 Å². The van der Waals surface area contributed by atoms with Gasteiger partial charge in [-0.15, -0.1) is 0 Å². The Hall–Kier alpha value is -1.62. The number of amides is 1. The number of pyridine rings is 1. The largest absolute Gasteiger partial charge is 0.385 e. The molecule has 0 saturated heterocycles. The molecule has 0 saturated carbocycles. The van der Waals surface area contributed by atoms with Crippen molar-refractivity contribution in [2.45, 2.75) is 39.5 Å². The average molecular weight is 293 g/mol. The van der Waals surface area contributed by atoms with Gasteiger partial charge in [0.1, 0.15) is 0 Å². The summed E-state index contributed by atoms with van der Waals surface area (Å²) in [5, 5.41) is 6.24. The van der Waals surface area contributed by atoms with Crippen LogP contribution in [0.25, 0.3) is 0 Å². The maximum atomic E-state index is 12.2. The molecule has 1 amide bonds. The number of unbranched alkanes of at least 4 members (excludes halogenated alkanes) is 2. The van der Waals surface area contributed by atoms with Crippen molar-refractivity contribution in [2.75, 3.05) is 32.1 Å². The molecule has 0 radical (unpaired) electrons. The van der Waals surface area contributed by atoms with Gasteiger partial charge in [-0.1, -0.05) is 6.92 Å². The third-order valence-electron chi connectivity index (χ3n) is 3.16.